The van der Waals surface area contributed by atoms with Crippen molar-refractivity contribution in [1.29, 1.82) is 0 Å². The average Bonchev–Trinajstić information content (AvgIpc) is 2.61. The van der Waals surface area contributed by atoms with Crippen LogP contribution in [-0.2, 0) is 16.0 Å². The monoisotopic (exact) mass is 218 g/mol. The van der Waals surface area contributed by atoms with Crippen molar-refractivity contribution in [2.75, 3.05) is 5.32 Å². The van der Waals surface area contributed by atoms with Crippen LogP contribution in [0.1, 0.15) is 30.5 Å². The summed E-state index contributed by atoms with van der Waals surface area (Å²) in [5.41, 5.74) is 3.13. The average molecular weight is 218 g/mol. The van der Waals surface area contributed by atoms with E-state index in [4.69, 9.17) is 0 Å². The summed E-state index contributed by atoms with van der Waals surface area (Å²) < 4.78 is 0. The van der Waals surface area contributed by atoms with E-state index in [2.05, 4.69) is 10.6 Å². The van der Waals surface area contributed by atoms with Gasteiger partial charge in [-0.1, -0.05) is 6.07 Å². The number of carbonyl (C=O) groups is 2. The van der Waals surface area contributed by atoms with Crippen molar-refractivity contribution in [3.05, 3.63) is 29.3 Å². The van der Waals surface area contributed by atoms with Crippen LogP contribution in [-0.4, -0.2) is 12.3 Å². The molecule has 0 aliphatic heterocycles. The quantitative estimate of drug-likeness (QED) is 0.753. The van der Waals surface area contributed by atoms with E-state index in [1.54, 1.807) is 0 Å². The second kappa shape index (κ2) is 4.35. The van der Waals surface area contributed by atoms with Gasteiger partial charge in [0.1, 0.15) is 0 Å². The van der Waals surface area contributed by atoms with E-state index in [0.29, 0.717) is 6.41 Å². The maximum absolute atomic E-state index is 11.0. The Labute approximate surface area is 94.0 Å². The Hall–Kier alpha value is -1.84. The van der Waals surface area contributed by atoms with E-state index >= 15 is 0 Å². The van der Waals surface area contributed by atoms with Crippen molar-refractivity contribution in [3.63, 3.8) is 0 Å². The third-order valence-electron chi connectivity index (χ3n) is 2.83. The Kier molecular flexibility index (Phi) is 2.90. The number of hydrogen-bond acceptors (Lipinski definition) is 2. The topological polar surface area (TPSA) is 58.2 Å². The predicted molar refractivity (Wildman–Crippen MR) is 61.0 cm³/mol. The number of benzene rings is 1. The van der Waals surface area contributed by atoms with Gasteiger partial charge in [0.2, 0.25) is 12.3 Å². The fraction of sp³-hybridized carbons (Fsp3) is 0.333. The highest BCUT2D eigenvalue weighted by Gasteiger charge is 2.23. The Morgan fingerprint density at radius 1 is 1.50 bits per heavy atom. The Morgan fingerprint density at radius 2 is 2.31 bits per heavy atom. The highest BCUT2D eigenvalue weighted by atomic mass is 16.1. The van der Waals surface area contributed by atoms with Gasteiger partial charge in [-0.15, -0.1) is 0 Å². The molecule has 1 unspecified atom stereocenters. The molecule has 16 heavy (non-hydrogen) atoms. The highest BCUT2D eigenvalue weighted by molar-refractivity contribution is 5.75. The van der Waals surface area contributed by atoms with Gasteiger partial charge in [0.25, 0.3) is 0 Å². The lowest BCUT2D eigenvalue weighted by Gasteiger charge is -2.13. The molecule has 2 N–H and O–H groups in total. The van der Waals surface area contributed by atoms with Crippen LogP contribution in [0, 0.1) is 0 Å². The minimum Gasteiger partial charge on any atom is -0.350 e. The number of nitrogens with one attached hydrogen (secondary N) is 2. The van der Waals surface area contributed by atoms with Gasteiger partial charge in [0.15, 0.2) is 0 Å². The van der Waals surface area contributed by atoms with E-state index in [9.17, 15) is 9.59 Å². The summed E-state index contributed by atoms with van der Waals surface area (Å²) in [6, 6.07) is 5.89. The van der Waals surface area contributed by atoms with Crippen molar-refractivity contribution >= 4 is 18.0 Å². The molecule has 4 heteroatoms. The summed E-state index contributed by atoms with van der Waals surface area (Å²) in [6.45, 7) is 1.52. The second-order valence-corrected chi connectivity index (χ2v) is 3.97. The molecule has 84 valence electrons. The van der Waals surface area contributed by atoms with Crippen molar-refractivity contribution in [2.24, 2.45) is 0 Å². The molecule has 1 aliphatic carbocycles. The third kappa shape index (κ3) is 2.05. The summed E-state index contributed by atoms with van der Waals surface area (Å²) in [7, 11) is 0. The minimum atomic E-state index is -0.0217. The number of anilines is 1. The summed E-state index contributed by atoms with van der Waals surface area (Å²) in [4.78, 5) is 21.4. The van der Waals surface area contributed by atoms with Gasteiger partial charge in [-0.3, -0.25) is 9.59 Å². The van der Waals surface area contributed by atoms with Gasteiger partial charge in [-0.25, -0.2) is 0 Å². The van der Waals surface area contributed by atoms with Crippen LogP contribution in [0.3, 0.4) is 0 Å². The molecular formula is C12H14N2O2. The van der Waals surface area contributed by atoms with Crippen LogP contribution in [0.15, 0.2) is 18.2 Å². The first-order chi connectivity index (χ1) is 7.70. The largest absolute Gasteiger partial charge is 0.350 e. The normalized spacial score (nSPS) is 17.7. The van der Waals surface area contributed by atoms with Crippen molar-refractivity contribution in [2.45, 2.75) is 25.8 Å². The van der Waals surface area contributed by atoms with Crippen LogP contribution >= 0.6 is 0 Å². The molecule has 0 spiro atoms. The second-order valence-electron chi connectivity index (χ2n) is 3.97. The summed E-state index contributed by atoms with van der Waals surface area (Å²) in [6.07, 6.45) is 2.56. The zero-order valence-corrected chi connectivity index (χ0v) is 9.12. The number of aryl methyl sites for hydroxylation is 1. The Bertz CT molecular complexity index is 429. The molecule has 1 atom stereocenters. The molecule has 0 radical (unpaired) electrons. The van der Waals surface area contributed by atoms with Crippen LogP contribution in [0.25, 0.3) is 0 Å². The first-order valence-electron chi connectivity index (χ1n) is 5.31. The number of amides is 2. The molecule has 1 aromatic rings. The van der Waals surface area contributed by atoms with Gasteiger partial charge in [-0.2, -0.15) is 0 Å². The van der Waals surface area contributed by atoms with Crippen LogP contribution in [0.5, 0.6) is 0 Å². The molecule has 0 saturated carbocycles. The van der Waals surface area contributed by atoms with Gasteiger partial charge < -0.3 is 10.6 Å². The summed E-state index contributed by atoms with van der Waals surface area (Å²) >= 11 is 0. The van der Waals surface area contributed by atoms with E-state index in [-0.39, 0.29) is 11.9 Å². The van der Waals surface area contributed by atoms with E-state index in [1.807, 2.05) is 18.2 Å². The molecule has 0 bridgehead atoms. The smallest absolute Gasteiger partial charge is 0.217 e. The van der Waals surface area contributed by atoms with Crippen molar-refractivity contribution in [3.8, 4) is 0 Å². The summed E-state index contributed by atoms with van der Waals surface area (Å²) in [5, 5.41) is 5.53. The molecule has 0 heterocycles. The zero-order valence-electron chi connectivity index (χ0n) is 9.12. The predicted octanol–water partition coefficient (Wildman–Crippen LogP) is 1.38. The fourth-order valence-corrected chi connectivity index (χ4v) is 2.16. The maximum Gasteiger partial charge on any atom is 0.217 e. The number of rotatable bonds is 3. The highest BCUT2D eigenvalue weighted by Crippen LogP contribution is 2.32. The van der Waals surface area contributed by atoms with E-state index < -0.39 is 0 Å². The van der Waals surface area contributed by atoms with E-state index in [1.165, 1.54) is 12.5 Å². The van der Waals surface area contributed by atoms with Gasteiger partial charge in [-0.05, 0) is 36.1 Å². The Morgan fingerprint density at radius 3 is 3.00 bits per heavy atom. The lowest BCUT2D eigenvalue weighted by Crippen LogP contribution is -2.24. The van der Waals surface area contributed by atoms with Crippen LogP contribution in [0.4, 0.5) is 5.69 Å². The third-order valence-corrected chi connectivity index (χ3v) is 2.83. The molecule has 2 amide bonds. The SMILES string of the molecule is CC(=O)NC1CCc2ccc(NC=O)cc21. The van der Waals surface area contributed by atoms with E-state index in [0.717, 1.165) is 24.1 Å². The molecule has 1 aliphatic rings. The van der Waals surface area contributed by atoms with Crippen molar-refractivity contribution in [1.82, 2.24) is 5.32 Å². The van der Waals surface area contributed by atoms with Gasteiger partial charge >= 0.3 is 0 Å². The van der Waals surface area contributed by atoms with Crippen molar-refractivity contribution < 1.29 is 9.59 Å². The molecule has 0 fully saturated rings. The van der Waals surface area contributed by atoms with Crippen LogP contribution in [0.2, 0.25) is 0 Å². The number of hydrogen-bond donors (Lipinski definition) is 2. The Balaban J connectivity index is 2.25. The molecule has 2 rings (SSSR count). The first kappa shape index (κ1) is 10.7. The number of fused-ring (bicyclic) bond motifs is 1. The lowest BCUT2D eigenvalue weighted by molar-refractivity contribution is -0.119. The van der Waals surface area contributed by atoms with Gasteiger partial charge in [0, 0.05) is 12.6 Å². The zero-order chi connectivity index (χ0) is 11.5. The lowest BCUT2D eigenvalue weighted by atomic mass is 10.1. The first-order valence-corrected chi connectivity index (χ1v) is 5.31. The van der Waals surface area contributed by atoms with Gasteiger partial charge in [0.05, 0.1) is 6.04 Å². The molecule has 0 aromatic heterocycles. The summed E-state index contributed by atoms with van der Waals surface area (Å²) in [5.74, 6) is -0.0217. The molecule has 1 aromatic carbocycles. The molecule has 4 nitrogen and oxygen atoms in total. The minimum absolute atomic E-state index is 0.0217. The standard InChI is InChI=1S/C12H14N2O2/c1-8(16)14-12-5-3-9-2-4-10(13-7-15)6-11(9)12/h2,4,6-7,12H,3,5H2,1H3,(H,13,15)(H,14,16). The molecule has 0 saturated heterocycles. The fourth-order valence-electron chi connectivity index (χ4n) is 2.16. The number of carbonyl (C=O) groups excluding carboxylic acids is 2. The van der Waals surface area contributed by atoms with Crippen LogP contribution < -0.4 is 10.6 Å². The molecular weight excluding hydrogens is 204 g/mol. The maximum atomic E-state index is 11.0.